The number of allylic oxidation sites excluding steroid dienone is 4. The van der Waals surface area contributed by atoms with E-state index in [1.807, 2.05) is 72.8 Å². The van der Waals surface area contributed by atoms with E-state index in [9.17, 15) is 5.11 Å². The highest BCUT2D eigenvalue weighted by atomic mass is 16.3. The Morgan fingerprint density at radius 2 is 1.14 bits per heavy atom. The molecule has 5 rings (SSSR count). The lowest BCUT2D eigenvalue weighted by atomic mass is 9.74. The normalized spacial score (nSPS) is 14.0. The minimum Gasteiger partial charge on any atom is -0.376 e. The van der Waals surface area contributed by atoms with Gasteiger partial charge in [0.25, 0.3) is 0 Å². The van der Waals surface area contributed by atoms with E-state index in [0.717, 1.165) is 33.0 Å². The van der Waals surface area contributed by atoms with Crippen molar-refractivity contribution in [3.8, 4) is 0 Å². The summed E-state index contributed by atoms with van der Waals surface area (Å²) in [5, 5.41) is 14.7. The highest BCUT2D eigenvalue weighted by Gasteiger charge is 2.38. The fraction of sp³-hybridized carbons (Fsp3) is 0.0714. The number of fused-ring (bicyclic) bond motifs is 1. The quantitative estimate of drug-likeness (QED) is 0.414. The lowest BCUT2D eigenvalue weighted by Crippen LogP contribution is -2.31. The summed E-state index contributed by atoms with van der Waals surface area (Å²) in [6.07, 6.45) is 8.52. The van der Waals surface area contributed by atoms with Crippen LogP contribution < -0.4 is 0 Å². The number of rotatable bonds is 4. The molecule has 4 aromatic rings. The van der Waals surface area contributed by atoms with Crippen LogP contribution in [0.2, 0.25) is 0 Å². The van der Waals surface area contributed by atoms with Gasteiger partial charge in [-0.3, -0.25) is 0 Å². The van der Waals surface area contributed by atoms with Gasteiger partial charge < -0.3 is 5.11 Å². The molecule has 1 aliphatic rings. The van der Waals surface area contributed by atoms with Gasteiger partial charge >= 0.3 is 0 Å². The minimum absolute atomic E-state index is 0.147. The van der Waals surface area contributed by atoms with Crippen LogP contribution in [0.25, 0.3) is 10.8 Å². The van der Waals surface area contributed by atoms with Crippen molar-refractivity contribution < 1.29 is 5.11 Å². The molecular weight excluding hydrogens is 352 g/mol. The Labute approximate surface area is 171 Å². The zero-order chi connectivity index (χ0) is 19.7. The second-order valence-electron chi connectivity index (χ2n) is 7.49. The SMILES string of the molecule is OC(c1ccccc1)(c1ccccc1)c1c(C2C=CC=C2)ccc2ccccc12. The van der Waals surface area contributed by atoms with Gasteiger partial charge in [0, 0.05) is 11.5 Å². The topological polar surface area (TPSA) is 20.2 Å². The predicted molar refractivity (Wildman–Crippen MR) is 120 cm³/mol. The monoisotopic (exact) mass is 374 g/mol. The van der Waals surface area contributed by atoms with E-state index in [1.165, 1.54) is 0 Å². The van der Waals surface area contributed by atoms with E-state index in [0.29, 0.717) is 0 Å². The summed E-state index contributed by atoms with van der Waals surface area (Å²) >= 11 is 0. The van der Waals surface area contributed by atoms with Crippen molar-refractivity contribution in [3.05, 3.63) is 144 Å². The van der Waals surface area contributed by atoms with Crippen molar-refractivity contribution in [1.82, 2.24) is 0 Å². The van der Waals surface area contributed by atoms with Gasteiger partial charge in [-0.15, -0.1) is 0 Å². The van der Waals surface area contributed by atoms with Crippen LogP contribution in [0.1, 0.15) is 28.2 Å². The van der Waals surface area contributed by atoms with E-state index in [-0.39, 0.29) is 5.92 Å². The van der Waals surface area contributed by atoms with E-state index in [2.05, 4.69) is 48.6 Å². The van der Waals surface area contributed by atoms with Gasteiger partial charge in [0.15, 0.2) is 0 Å². The Bertz CT molecular complexity index is 1150. The molecule has 4 aromatic carbocycles. The molecule has 1 nitrogen and oxygen atoms in total. The third-order valence-electron chi connectivity index (χ3n) is 5.81. The van der Waals surface area contributed by atoms with Crippen molar-refractivity contribution in [2.45, 2.75) is 11.5 Å². The zero-order valence-corrected chi connectivity index (χ0v) is 16.1. The van der Waals surface area contributed by atoms with Gasteiger partial charge in [-0.25, -0.2) is 0 Å². The van der Waals surface area contributed by atoms with Gasteiger partial charge in [0.1, 0.15) is 5.60 Å². The highest BCUT2D eigenvalue weighted by Crippen LogP contribution is 2.44. The molecule has 0 amide bonds. The van der Waals surface area contributed by atoms with Crippen LogP contribution in [0.3, 0.4) is 0 Å². The van der Waals surface area contributed by atoms with Crippen LogP contribution >= 0.6 is 0 Å². The molecule has 0 unspecified atom stereocenters. The van der Waals surface area contributed by atoms with E-state index >= 15 is 0 Å². The molecule has 0 aliphatic heterocycles. The molecular formula is C28H22O. The molecule has 0 radical (unpaired) electrons. The number of hydrogen-bond donors (Lipinski definition) is 1. The smallest absolute Gasteiger partial charge is 0.141 e. The maximum absolute atomic E-state index is 12.5. The second-order valence-corrected chi connectivity index (χ2v) is 7.49. The fourth-order valence-corrected chi connectivity index (χ4v) is 4.42. The van der Waals surface area contributed by atoms with E-state index < -0.39 is 5.60 Å². The first-order chi connectivity index (χ1) is 14.3. The molecule has 1 N–H and O–H groups in total. The standard InChI is InChI=1S/C28H22O/c29-28(23-14-3-1-4-15-23,24-16-5-2-6-17-24)27-25-18-10-9-13-22(25)19-20-26(27)21-11-7-8-12-21/h1-21,29H. The first-order valence-electron chi connectivity index (χ1n) is 9.99. The molecule has 0 saturated heterocycles. The molecule has 0 atom stereocenters. The summed E-state index contributed by atoms with van der Waals surface area (Å²) in [7, 11) is 0. The van der Waals surface area contributed by atoms with Crippen molar-refractivity contribution in [2.75, 3.05) is 0 Å². The van der Waals surface area contributed by atoms with Gasteiger partial charge in [-0.2, -0.15) is 0 Å². The minimum atomic E-state index is -1.26. The third-order valence-corrected chi connectivity index (χ3v) is 5.81. The molecule has 0 aromatic heterocycles. The van der Waals surface area contributed by atoms with Crippen molar-refractivity contribution in [1.29, 1.82) is 0 Å². The summed E-state index contributed by atoms with van der Waals surface area (Å²) in [4.78, 5) is 0. The molecule has 0 bridgehead atoms. The van der Waals surface area contributed by atoms with Crippen LogP contribution in [0.15, 0.2) is 121 Å². The summed E-state index contributed by atoms with van der Waals surface area (Å²) in [6.45, 7) is 0. The Kier molecular flexibility index (Phi) is 4.38. The lowest BCUT2D eigenvalue weighted by molar-refractivity contribution is 0.126. The van der Waals surface area contributed by atoms with Crippen LogP contribution in [-0.2, 0) is 5.60 Å². The molecule has 0 spiro atoms. The van der Waals surface area contributed by atoms with E-state index in [1.54, 1.807) is 0 Å². The molecule has 0 saturated carbocycles. The Balaban J connectivity index is 1.91. The number of benzene rings is 4. The molecule has 0 heterocycles. The second kappa shape index (κ2) is 7.20. The largest absolute Gasteiger partial charge is 0.376 e. The molecule has 140 valence electrons. The molecule has 1 heteroatoms. The summed E-state index contributed by atoms with van der Waals surface area (Å²) in [5.41, 5.74) is 2.56. The van der Waals surface area contributed by atoms with Gasteiger partial charge in [-0.05, 0) is 27.5 Å². The fourth-order valence-electron chi connectivity index (χ4n) is 4.42. The maximum Gasteiger partial charge on any atom is 0.141 e. The molecule has 1 aliphatic carbocycles. The summed E-state index contributed by atoms with van der Waals surface area (Å²) in [5.74, 6) is 0.147. The van der Waals surface area contributed by atoms with Crippen LogP contribution in [0.5, 0.6) is 0 Å². The van der Waals surface area contributed by atoms with Crippen LogP contribution in [0.4, 0.5) is 0 Å². The van der Waals surface area contributed by atoms with Crippen molar-refractivity contribution in [3.63, 3.8) is 0 Å². The summed E-state index contributed by atoms with van der Waals surface area (Å²) < 4.78 is 0. The Morgan fingerprint density at radius 1 is 0.586 bits per heavy atom. The first kappa shape index (κ1) is 17.7. The average Bonchev–Trinajstić information content (AvgIpc) is 3.34. The molecule has 29 heavy (non-hydrogen) atoms. The third kappa shape index (κ3) is 2.91. The Hall–Kier alpha value is -3.42. The summed E-state index contributed by atoms with van der Waals surface area (Å²) in [6, 6.07) is 32.6. The first-order valence-corrected chi connectivity index (χ1v) is 9.99. The van der Waals surface area contributed by atoms with Gasteiger partial charge in [0.05, 0.1) is 0 Å². The lowest BCUT2D eigenvalue weighted by Gasteiger charge is -2.34. The maximum atomic E-state index is 12.5. The van der Waals surface area contributed by atoms with Gasteiger partial charge in [0.2, 0.25) is 0 Å². The average molecular weight is 374 g/mol. The van der Waals surface area contributed by atoms with Crippen molar-refractivity contribution in [2.24, 2.45) is 0 Å². The Morgan fingerprint density at radius 3 is 1.76 bits per heavy atom. The van der Waals surface area contributed by atoms with Crippen LogP contribution in [0, 0.1) is 0 Å². The van der Waals surface area contributed by atoms with E-state index in [4.69, 9.17) is 0 Å². The highest BCUT2D eigenvalue weighted by molar-refractivity contribution is 5.89. The predicted octanol–water partition coefficient (Wildman–Crippen LogP) is 6.33. The molecule has 0 fully saturated rings. The number of aliphatic hydroxyl groups is 1. The zero-order valence-electron chi connectivity index (χ0n) is 16.1. The van der Waals surface area contributed by atoms with Crippen LogP contribution in [-0.4, -0.2) is 5.11 Å². The van der Waals surface area contributed by atoms with Gasteiger partial charge in [-0.1, -0.05) is 121 Å². The van der Waals surface area contributed by atoms with Crippen molar-refractivity contribution >= 4 is 10.8 Å². The number of hydrogen-bond acceptors (Lipinski definition) is 1.